The van der Waals surface area contributed by atoms with E-state index in [2.05, 4.69) is 21.2 Å². The van der Waals surface area contributed by atoms with Gasteiger partial charge in [0, 0.05) is 39.0 Å². The van der Waals surface area contributed by atoms with Gasteiger partial charge in [0.2, 0.25) is 0 Å². The third-order valence-electron chi connectivity index (χ3n) is 5.56. The highest BCUT2D eigenvalue weighted by Gasteiger charge is 2.33. The van der Waals surface area contributed by atoms with Crippen LogP contribution < -0.4 is 11.1 Å². The molecule has 0 amide bonds. The Morgan fingerprint density at radius 3 is 2.71 bits per heavy atom. The molecule has 0 spiro atoms. The van der Waals surface area contributed by atoms with Gasteiger partial charge >= 0.3 is 6.18 Å². The number of nitrogens with two attached hydrogens (primary N) is 1. The van der Waals surface area contributed by atoms with Crippen LogP contribution in [-0.4, -0.2) is 12.6 Å². The van der Waals surface area contributed by atoms with Crippen LogP contribution in [0.1, 0.15) is 42.4 Å². The molecule has 4 rings (SSSR count). The molecule has 3 N–H and O–H groups in total. The Morgan fingerprint density at radius 1 is 1.14 bits per heavy atom. The minimum absolute atomic E-state index is 0.205. The summed E-state index contributed by atoms with van der Waals surface area (Å²) in [6, 6.07) is 8.75. The summed E-state index contributed by atoms with van der Waals surface area (Å²) in [5.74, 6) is 0.411. The lowest BCUT2D eigenvalue weighted by Gasteiger charge is -2.29. The third kappa shape index (κ3) is 4.36. The van der Waals surface area contributed by atoms with E-state index in [1.807, 2.05) is 18.2 Å². The van der Waals surface area contributed by atoms with Crippen molar-refractivity contribution in [2.24, 2.45) is 11.7 Å². The van der Waals surface area contributed by atoms with Crippen molar-refractivity contribution in [1.82, 2.24) is 0 Å². The van der Waals surface area contributed by atoms with Crippen molar-refractivity contribution in [3.63, 3.8) is 0 Å². The number of hydrogen-bond acceptors (Lipinski definition) is 3. The Bertz CT molecular complexity index is 885. The van der Waals surface area contributed by atoms with E-state index in [1.54, 1.807) is 0 Å². The molecule has 2 nitrogen and oxygen atoms in total. The molecular formula is C21H22BrF3N2S. The molecule has 0 bridgehead atoms. The van der Waals surface area contributed by atoms with Crippen LogP contribution in [0.25, 0.3) is 0 Å². The minimum Gasteiger partial charge on any atom is -0.384 e. The van der Waals surface area contributed by atoms with Crippen molar-refractivity contribution in [1.29, 1.82) is 0 Å². The van der Waals surface area contributed by atoms with Crippen molar-refractivity contribution in [2.45, 2.75) is 54.1 Å². The molecular weight excluding hydrogens is 449 g/mol. The number of alkyl halides is 3. The molecule has 1 saturated carbocycles. The Hall–Kier alpha value is -1.18. The van der Waals surface area contributed by atoms with E-state index < -0.39 is 11.7 Å². The van der Waals surface area contributed by atoms with E-state index in [0.717, 1.165) is 46.2 Å². The summed E-state index contributed by atoms with van der Waals surface area (Å²) < 4.78 is 41.4. The summed E-state index contributed by atoms with van der Waals surface area (Å²) >= 11 is 4.86. The fraction of sp³-hybridized carbons (Fsp3) is 0.429. The van der Waals surface area contributed by atoms with E-state index >= 15 is 0 Å². The summed E-state index contributed by atoms with van der Waals surface area (Å²) in [6.45, 7) is 0.666. The van der Waals surface area contributed by atoms with Crippen LogP contribution in [0.2, 0.25) is 0 Å². The molecule has 2 atom stereocenters. The largest absolute Gasteiger partial charge is 0.416 e. The number of nitrogens with one attached hydrogen (secondary N) is 1. The predicted octanol–water partition coefficient (Wildman–Crippen LogP) is 6.45. The normalized spacial score (nSPS) is 21.8. The van der Waals surface area contributed by atoms with E-state index in [-0.39, 0.29) is 6.04 Å². The number of halogens is 4. The molecule has 1 fully saturated rings. The highest BCUT2D eigenvalue weighted by Crippen LogP contribution is 2.46. The molecule has 1 aliphatic heterocycles. The summed E-state index contributed by atoms with van der Waals surface area (Å²) in [5, 5.41) is 3.34. The van der Waals surface area contributed by atoms with Gasteiger partial charge < -0.3 is 11.1 Å². The van der Waals surface area contributed by atoms with E-state index in [4.69, 9.17) is 5.73 Å². The summed E-state index contributed by atoms with van der Waals surface area (Å²) in [6.07, 6.45) is 0.407. The molecule has 2 aliphatic rings. The Balaban J connectivity index is 1.64. The van der Waals surface area contributed by atoms with Crippen LogP contribution in [-0.2, 0) is 12.6 Å². The monoisotopic (exact) mass is 470 g/mol. The average molecular weight is 471 g/mol. The van der Waals surface area contributed by atoms with Gasteiger partial charge in [0.05, 0.1) is 5.56 Å². The lowest BCUT2D eigenvalue weighted by atomic mass is 9.86. The Morgan fingerprint density at radius 2 is 1.96 bits per heavy atom. The second-order valence-electron chi connectivity index (χ2n) is 7.70. The molecule has 7 heteroatoms. The Kier molecular flexibility index (Phi) is 5.69. The zero-order chi connectivity index (χ0) is 19.9. The molecule has 1 heterocycles. The van der Waals surface area contributed by atoms with Gasteiger partial charge in [0.1, 0.15) is 0 Å². The number of benzene rings is 2. The zero-order valence-corrected chi connectivity index (χ0v) is 17.7. The lowest BCUT2D eigenvalue weighted by molar-refractivity contribution is -0.137. The van der Waals surface area contributed by atoms with Crippen molar-refractivity contribution >= 4 is 33.4 Å². The topological polar surface area (TPSA) is 38.0 Å². The van der Waals surface area contributed by atoms with Gasteiger partial charge in [-0.3, -0.25) is 0 Å². The zero-order valence-electron chi connectivity index (χ0n) is 15.3. The number of anilines is 1. The van der Waals surface area contributed by atoms with Gasteiger partial charge in [0.15, 0.2) is 0 Å². The van der Waals surface area contributed by atoms with Crippen molar-refractivity contribution in [2.75, 3.05) is 11.9 Å². The summed E-state index contributed by atoms with van der Waals surface area (Å²) in [4.78, 5) is 1.69. The number of hydrogen-bond donors (Lipinski definition) is 2. The molecule has 2 aromatic rings. The highest BCUT2D eigenvalue weighted by molar-refractivity contribution is 9.10. The maximum Gasteiger partial charge on any atom is 0.416 e. The van der Waals surface area contributed by atoms with E-state index in [9.17, 15) is 13.2 Å². The molecule has 2 unspecified atom stereocenters. The SMILES string of the molecule is NC1CCCC(CNc2cc(C(F)(F)F)cc3c2Cc2ccc(Br)cc2S3)C1. The highest BCUT2D eigenvalue weighted by atomic mass is 79.9. The standard InChI is InChI=1S/C21H22BrF3N2S/c22-15-5-4-13-7-17-18(27-11-12-2-1-3-16(26)6-12)8-14(21(23,24)25)9-20(17)28-19(13)10-15/h4-5,8-10,12,16,27H,1-3,6-7,11,26H2. The van der Waals surface area contributed by atoms with E-state index in [1.165, 1.54) is 23.9 Å². The second-order valence-corrected chi connectivity index (χ2v) is 9.70. The van der Waals surface area contributed by atoms with Crippen LogP contribution in [0, 0.1) is 5.92 Å². The van der Waals surface area contributed by atoms with Crippen LogP contribution >= 0.6 is 27.7 Å². The maximum atomic E-state index is 13.5. The smallest absolute Gasteiger partial charge is 0.384 e. The first kappa shape index (κ1) is 20.1. The van der Waals surface area contributed by atoms with Crippen molar-refractivity contribution in [3.05, 3.63) is 51.5 Å². The third-order valence-corrected chi connectivity index (χ3v) is 7.23. The summed E-state index contributed by atoms with van der Waals surface area (Å²) in [7, 11) is 0. The fourth-order valence-electron chi connectivity index (χ4n) is 4.09. The van der Waals surface area contributed by atoms with Gasteiger partial charge in [-0.1, -0.05) is 40.2 Å². The van der Waals surface area contributed by atoms with Crippen LogP contribution in [0.5, 0.6) is 0 Å². The quantitative estimate of drug-likeness (QED) is 0.461. The van der Waals surface area contributed by atoms with Gasteiger partial charge in [-0.15, -0.1) is 0 Å². The average Bonchev–Trinajstić information content (AvgIpc) is 2.63. The van der Waals surface area contributed by atoms with Crippen LogP contribution in [0.4, 0.5) is 18.9 Å². The van der Waals surface area contributed by atoms with Gasteiger partial charge in [-0.25, -0.2) is 0 Å². The van der Waals surface area contributed by atoms with Crippen molar-refractivity contribution < 1.29 is 13.2 Å². The first-order valence-electron chi connectivity index (χ1n) is 9.49. The van der Waals surface area contributed by atoms with Gasteiger partial charge in [0.25, 0.3) is 0 Å². The second kappa shape index (κ2) is 7.92. The number of fused-ring (bicyclic) bond motifs is 2. The van der Waals surface area contributed by atoms with Crippen LogP contribution in [0.3, 0.4) is 0 Å². The first-order valence-corrected chi connectivity index (χ1v) is 11.1. The predicted molar refractivity (Wildman–Crippen MR) is 111 cm³/mol. The van der Waals surface area contributed by atoms with Gasteiger partial charge in [-0.05, 0) is 60.6 Å². The molecule has 150 valence electrons. The van der Waals surface area contributed by atoms with Crippen molar-refractivity contribution in [3.8, 4) is 0 Å². The fourth-order valence-corrected chi connectivity index (χ4v) is 5.79. The molecule has 0 saturated heterocycles. The maximum absolute atomic E-state index is 13.5. The molecule has 28 heavy (non-hydrogen) atoms. The Labute approximate surface area is 175 Å². The van der Waals surface area contributed by atoms with E-state index in [0.29, 0.717) is 29.5 Å². The molecule has 0 aromatic heterocycles. The molecule has 0 radical (unpaired) electrons. The summed E-state index contributed by atoms with van der Waals surface area (Å²) in [5.41, 5.74) is 8.17. The van der Waals surface area contributed by atoms with Crippen LogP contribution in [0.15, 0.2) is 44.6 Å². The molecule has 1 aliphatic carbocycles. The molecule has 2 aromatic carbocycles. The number of rotatable bonds is 3. The minimum atomic E-state index is -4.36. The first-order chi connectivity index (χ1) is 13.3. The van der Waals surface area contributed by atoms with Gasteiger partial charge in [-0.2, -0.15) is 13.2 Å². The lowest BCUT2D eigenvalue weighted by Crippen LogP contribution is -2.31.